The van der Waals surface area contributed by atoms with Gasteiger partial charge in [-0.05, 0) is 24.3 Å². The Morgan fingerprint density at radius 1 is 1.44 bits per heavy atom. The fraction of sp³-hybridized carbons (Fsp3) is 0.154. The van der Waals surface area contributed by atoms with Gasteiger partial charge in [0.25, 0.3) is 0 Å². The summed E-state index contributed by atoms with van der Waals surface area (Å²) >= 11 is 0. The van der Waals surface area contributed by atoms with E-state index in [9.17, 15) is 9.18 Å². The molecule has 0 unspecified atom stereocenters. The standard InChI is InChI=1S/C13H12FNO3/c1-17-13(16)10-2-3-11(14)12(6-10)15-7-9-4-5-18-8-9/h2-6,8,15H,7H2,1H3. The topological polar surface area (TPSA) is 51.5 Å². The fourth-order valence-electron chi connectivity index (χ4n) is 1.50. The van der Waals surface area contributed by atoms with Crippen molar-refractivity contribution in [2.45, 2.75) is 6.54 Å². The molecule has 1 aromatic carbocycles. The van der Waals surface area contributed by atoms with Gasteiger partial charge in [-0.2, -0.15) is 0 Å². The molecular weight excluding hydrogens is 237 g/mol. The summed E-state index contributed by atoms with van der Waals surface area (Å²) in [6.07, 6.45) is 3.10. The predicted octanol–water partition coefficient (Wildman–Crippen LogP) is 2.82. The van der Waals surface area contributed by atoms with Crippen molar-refractivity contribution in [2.24, 2.45) is 0 Å². The summed E-state index contributed by atoms with van der Waals surface area (Å²) < 4.78 is 23.0. The molecule has 0 atom stereocenters. The first-order chi connectivity index (χ1) is 8.70. The molecule has 0 saturated heterocycles. The van der Waals surface area contributed by atoms with Gasteiger partial charge in [0.15, 0.2) is 0 Å². The number of anilines is 1. The summed E-state index contributed by atoms with van der Waals surface area (Å²) in [7, 11) is 1.28. The van der Waals surface area contributed by atoms with Crippen LogP contribution < -0.4 is 5.32 Å². The maximum absolute atomic E-state index is 13.5. The molecule has 1 N–H and O–H groups in total. The van der Waals surface area contributed by atoms with E-state index >= 15 is 0 Å². The molecule has 0 amide bonds. The third-order valence-corrected chi connectivity index (χ3v) is 2.45. The maximum atomic E-state index is 13.5. The third kappa shape index (κ3) is 2.68. The van der Waals surface area contributed by atoms with Gasteiger partial charge in [0.05, 0.1) is 30.9 Å². The van der Waals surface area contributed by atoms with Gasteiger partial charge in [-0.1, -0.05) is 0 Å². The lowest BCUT2D eigenvalue weighted by molar-refractivity contribution is 0.0600. The van der Waals surface area contributed by atoms with Crippen molar-refractivity contribution < 1.29 is 18.3 Å². The van der Waals surface area contributed by atoms with E-state index in [1.807, 2.05) is 0 Å². The highest BCUT2D eigenvalue weighted by atomic mass is 19.1. The van der Waals surface area contributed by atoms with Crippen LogP contribution in [0.1, 0.15) is 15.9 Å². The van der Waals surface area contributed by atoms with Crippen LogP contribution in [0.5, 0.6) is 0 Å². The van der Waals surface area contributed by atoms with E-state index in [0.29, 0.717) is 12.1 Å². The molecule has 18 heavy (non-hydrogen) atoms. The van der Waals surface area contributed by atoms with Crippen LogP contribution in [-0.4, -0.2) is 13.1 Å². The van der Waals surface area contributed by atoms with E-state index in [1.54, 1.807) is 12.3 Å². The number of benzene rings is 1. The fourth-order valence-corrected chi connectivity index (χ4v) is 1.50. The van der Waals surface area contributed by atoms with E-state index in [-0.39, 0.29) is 5.69 Å². The molecular formula is C13H12FNO3. The number of hydrogen-bond acceptors (Lipinski definition) is 4. The lowest BCUT2D eigenvalue weighted by Gasteiger charge is -2.08. The molecule has 0 saturated carbocycles. The Hall–Kier alpha value is -2.30. The highest BCUT2D eigenvalue weighted by Gasteiger charge is 2.09. The molecule has 4 nitrogen and oxygen atoms in total. The predicted molar refractivity (Wildman–Crippen MR) is 63.8 cm³/mol. The molecule has 0 aliphatic carbocycles. The number of carbonyl (C=O) groups is 1. The Morgan fingerprint density at radius 2 is 2.28 bits per heavy atom. The van der Waals surface area contributed by atoms with Crippen molar-refractivity contribution >= 4 is 11.7 Å². The third-order valence-electron chi connectivity index (χ3n) is 2.45. The Labute approximate surface area is 103 Å². The van der Waals surface area contributed by atoms with Crippen LogP contribution in [0.15, 0.2) is 41.2 Å². The molecule has 0 fully saturated rings. The summed E-state index contributed by atoms with van der Waals surface area (Å²) in [6.45, 7) is 0.415. The van der Waals surface area contributed by atoms with Gasteiger partial charge >= 0.3 is 5.97 Å². The van der Waals surface area contributed by atoms with Crippen LogP contribution in [0.4, 0.5) is 10.1 Å². The Morgan fingerprint density at radius 3 is 2.94 bits per heavy atom. The van der Waals surface area contributed by atoms with Crippen molar-refractivity contribution in [3.8, 4) is 0 Å². The zero-order valence-corrected chi connectivity index (χ0v) is 9.77. The smallest absolute Gasteiger partial charge is 0.337 e. The van der Waals surface area contributed by atoms with Crippen LogP contribution in [0.3, 0.4) is 0 Å². The summed E-state index contributed by atoms with van der Waals surface area (Å²) in [6, 6.07) is 5.80. The summed E-state index contributed by atoms with van der Waals surface area (Å²) in [5.74, 6) is -0.924. The summed E-state index contributed by atoms with van der Waals surface area (Å²) in [4.78, 5) is 11.3. The molecule has 0 aliphatic rings. The van der Waals surface area contributed by atoms with E-state index in [4.69, 9.17) is 4.42 Å². The first-order valence-electron chi connectivity index (χ1n) is 5.33. The van der Waals surface area contributed by atoms with Gasteiger partial charge in [0.2, 0.25) is 0 Å². The van der Waals surface area contributed by atoms with Gasteiger partial charge in [0, 0.05) is 12.1 Å². The number of methoxy groups -OCH3 is 1. The van der Waals surface area contributed by atoms with Gasteiger partial charge in [-0.25, -0.2) is 9.18 Å². The number of esters is 1. The lowest BCUT2D eigenvalue weighted by Crippen LogP contribution is -2.05. The number of ether oxygens (including phenoxy) is 1. The summed E-state index contributed by atoms with van der Waals surface area (Å²) in [5.41, 5.74) is 1.44. The van der Waals surface area contributed by atoms with Crippen molar-refractivity contribution in [2.75, 3.05) is 12.4 Å². The number of hydrogen-bond donors (Lipinski definition) is 1. The second kappa shape index (κ2) is 5.35. The van der Waals surface area contributed by atoms with Crippen molar-refractivity contribution in [3.63, 3.8) is 0 Å². The Kier molecular flexibility index (Phi) is 3.62. The molecule has 0 aliphatic heterocycles. The average Bonchev–Trinajstić information content (AvgIpc) is 2.90. The monoisotopic (exact) mass is 249 g/mol. The highest BCUT2D eigenvalue weighted by Crippen LogP contribution is 2.18. The molecule has 1 heterocycles. The van der Waals surface area contributed by atoms with E-state index in [0.717, 1.165) is 5.56 Å². The zero-order valence-electron chi connectivity index (χ0n) is 9.77. The molecule has 0 radical (unpaired) electrons. The Balaban J connectivity index is 2.13. The number of rotatable bonds is 4. The highest BCUT2D eigenvalue weighted by molar-refractivity contribution is 5.90. The zero-order chi connectivity index (χ0) is 13.0. The van der Waals surface area contributed by atoms with Gasteiger partial charge < -0.3 is 14.5 Å². The SMILES string of the molecule is COC(=O)c1ccc(F)c(NCc2ccoc2)c1. The minimum absolute atomic E-state index is 0.249. The molecule has 2 aromatic rings. The molecule has 1 aromatic heterocycles. The van der Waals surface area contributed by atoms with E-state index in [1.165, 1.54) is 31.6 Å². The first kappa shape index (κ1) is 12.2. The van der Waals surface area contributed by atoms with Crippen LogP contribution in [0.25, 0.3) is 0 Å². The largest absolute Gasteiger partial charge is 0.472 e. The van der Waals surface area contributed by atoms with Crippen molar-refractivity contribution in [3.05, 3.63) is 53.7 Å². The molecule has 2 rings (SSSR count). The second-order valence-electron chi connectivity index (χ2n) is 3.67. The summed E-state index contributed by atoms with van der Waals surface area (Å²) in [5, 5.41) is 2.89. The van der Waals surface area contributed by atoms with Crippen LogP contribution in [-0.2, 0) is 11.3 Å². The van der Waals surface area contributed by atoms with Crippen molar-refractivity contribution in [1.29, 1.82) is 0 Å². The van der Waals surface area contributed by atoms with Crippen molar-refractivity contribution in [1.82, 2.24) is 0 Å². The van der Waals surface area contributed by atoms with Gasteiger partial charge in [0.1, 0.15) is 5.82 Å². The van der Waals surface area contributed by atoms with E-state index in [2.05, 4.69) is 10.1 Å². The maximum Gasteiger partial charge on any atom is 0.337 e. The van der Waals surface area contributed by atoms with Gasteiger partial charge in [-0.3, -0.25) is 0 Å². The number of nitrogens with one attached hydrogen (secondary N) is 1. The van der Waals surface area contributed by atoms with Gasteiger partial charge in [-0.15, -0.1) is 0 Å². The average molecular weight is 249 g/mol. The minimum atomic E-state index is -0.499. The normalized spacial score (nSPS) is 10.1. The lowest BCUT2D eigenvalue weighted by atomic mass is 10.2. The quantitative estimate of drug-likeness (QED) is 0.846. The number of furan rings is 1. The molecule has 0 spiro atoms. The molecule has 5 heteroatoms. The first-order valence-corrected chi connectivity index (χ1v) is 5.33. The van der Waals surface area contributed by atoms with Crippen LogP contribution in [0, 0.1) is 5.82 Å². The van der Waals surface area contributed by atoms with Crippen LogP contribution >= 0.6 is 0 Å². The number of carbonyl (C=O) groups excluding carboxylic acids is 1. The minimum Gasteiger partial charge on any atom is -0.472 e. The second-order valence-corrected chi connectivity index (χ2v) is 3.67. The molecule has 94 valence electrons. The molecule has 0 bridgehead atoms. The van der Waals surface area contributed by atoms with Crippen LogP contribution in [0.2, 0.25) is 0 Å². The number of halogens is 1. The van der Waals surface area contributed by atoms with E-state index < -0.39 is 11.8 Å². The Bertz CT molecular complexity index is 537.